The van der Waals surface area contributed by atoms with Gasteiger partial charge < -0.3 is 25.2 Å². The highest BCUT2D eigenvalue weighted by Crippen LogP contribution is 2.32. The van der Waals surface area contributed by atoms with Gasteiger partial charge in [0.25, 0.3) is 5.56 Å². The Morgan fingerprint density at radius 2 is 1.87 bits per heavy atom. The second-order valence-corrected chi connectivity index (χ2v) is 10.2. The average molecular weight is 527 g/mol. The van der Waals surface area contributed by atoms with E-state index < -0.39 is 0 Å². The van der Waals surface area contributed by atoms with Crippen molar-refractivity contribution in [2.75, 3.05) is 63.6 Å². The Bertz CT molecular complexity index is 1510. The molecular weight excluding hydrogens is 492 g/mol. The Morgan fingerprint density at radius 1 is 1.05 bits per heavy atom. The predicted molar refractivity (Wildman–Crippen MR) is 154 cm³/mol. The summed E-state index contributed by atoms with van der Waals surface area (Å²) in [4.78, 5) is 32.6. The Balaban J connectivity index is 1.37. The summed E-state index contributed by atoms with van der Waals surface area (Å²) < 4.78 is 7.53. The van der Waals surface area contributed by atoms with E-state index in [9.17, 15) is 4.79 Å². The molecule has 1 atom stereocenters. The van der Waals surface area contributed by atoms with Crippen molar-refractivity contribution in [2.45, 2.75) is 18.9 Å². The van der Waals surface area contributed by atoms with Crippen LogP contribution in [0.25, 0.3) is 22.4 Å². The third kappa shape index (κ3) is 5.17. The predicted octanol–water partition coefficient (Wildman–Crippen LogP) is 3.28. The van der Waals surface area contributed by atoms with Crippen molar-refractivity contribution in [2.24, 2.45) is 0 Å². The molecule has 2 N–H and O–H groups in total. The van der Waals surface area contributed by atoms with Crippen LogP contribution in [0, 0.1) is 0 Å². The van der Waals surface area contributed by atoms with Crippen molar-refractivity contribution in [3.05, 3.63) is 65.1 Å². The number of nitrogens with zero attached hydrogens (tertiary/aromatic N) is 6. The summed E-state index contributed by atoms with van der Waals surface area (Å²) in [7, 11) is 3.81. The smallest absolute Gasteiger partial charge is 0.279 e. The SMILES string of the molecule is COc1cc(N2CCN(C)CC2)ccc1Nc1ncc2nc(-c3ccccc3)c(=O)n([C@@H]3CCCNC3)c2n1. The second kappa shape index (κ2) is 11.0. The van der Waals surface area contributed by atoms with E-state index in [2.05, 4.69) is 38.5 Å². The van der Waals surface area contributed by atoms with Crippen LogP contribution in [-0.4, -0.2) is 77.8 Å². The molecule has 6 rings (SSSR count). The standard InChI is InChI=1S/C29H34N8O2/c1-35-13-15-36(16-14-35)21-10-11-23(25(17-21)39-2)33-29-31-19-24-27(34-29)37(22-9-6-12-30-18-22)28(38)26(32-24)20-7-4-3-5-8-20/h3-5,7-8,10-11,17,19,22,30H,6,9,12-16,18H2,1-2H3,(H,31,33,34)/t22-/m1/s1. The zero-order valence-electron chi connectivity index (χ0n) is 22.4. The molecule has 0 spiro atoms. The quantitative estimate of drug-likeness (QED) is 0.392. The zero-order valence-corrected chi connectivity index (χ0v) is 22.4. The maximum Gasteiger partial charge on any atom is 0.279 e. The van der Waals surface area contributed by atoms with E-state index in [0.29, 0.717) is 35.1 Å². The maximum atomic E-state index is 13.8. The fraction of sp³-hybridized carbons (Fsp3) is 0.379. The van der Waals surface area contributed by atoms with Crippen LogP contribution in [0.5, 0.6) is 5.75 Å². The van der Waals surface area contributed by atoms with Crippen LogP contribution in [0.1, 0.15) is 18.9 Å². The number of ether oxygens (including phenoxy) is 1. The minimum absolute atomic E-state index is 0.0145. The molecule has 2 aliphatic rings. The van der Waals surface area contributed by atoms with Gasteiger partial charge in [-0.3, -0.25) is 9.36 Å². The van der Waals surface area contributed by atoms with Gasteiger partial charge in [0.1, 0.15) is 17.0 Å². The van der Waals surface area contributed by atoms with Gasteiger partial charge >= 0.3 is 0 Å². The highest BCUT2D eigenvalue weighted by Gasteiger charge is 2.23. The molecule has 2 aliphatic heterocycles. The van der Waals surface area contributed by atoms with E-state index >= 15 is 0 Å². The zero-order chi connectivity index (χ0) is 26.8. The van der Waals surface area contributed by atoms with Crippen molar-refractivity contribution < 1.29 is 4.74 Å². The summed E-state index contributed by atoms with van der Waals surface area (Å²) in [6.07, 6.45) is 3.58. The maximum absolute atomic E-state index is 13.8. The first-order valence-electron chi connectivity index (χ1n) is 13.5. The van der Waals surface area contributed by atoms with Crippen molar-refractivity contribution in [1.29, 1.82) is 0 Å². The van der Waals surface area contributed by atoms with Crippen molar-refractivity contribution in [3.63, 3.8) is 0 Å². The number of rotatable bonds is 6. The molecule has 4 aromatic rings. The number of benzene rings is 2. The molecule has 0 bridgehead atoms. The third-order valence-electron chi connectivity index (χ3n) is 7.62. The van der Waals surface area contributed by atoms with Gasteiger partial charge in [-0.05, 0) is 38.6 Å². The molecule has 0 aliphatic carbocycles. The van der Waals surface area contributed by atoms with Crippen LogP contribution in [-0.2, 0) is 0 Å². The molecule has 4 heterocycles. The summed E-state index contributed by atoms with van der Waals surface area (Å²) in [6.45, 7) is 5.68. The number of nitrogens with one attached hydrogen (secondary N) is 2. The van der Waals surface area contributed by atoms with Crippen LogP contribution in [0.2, 0.25) is 0 Å². The van der Waals surface area contributed by atoms with E-state index in [4.69, 9.17) is 14.7 Å². The number of piperidine rings is 1. The van der Waals surface area contributed by atoms with Gasteiger partial charge in [0, 0.05) is 50.0 Å². The Kier molecular flexibility index (Phi) is 7.12. The van der Waals surface area contributed by atoms with Crippen LogP contribution in [0.15, 0.2) is 59.5 Å². The number of hydrogen-bond acceptors (Lipinski definition) is 9. The van der Waals surface area contributed by atoms with Gasteiger partial charge in [-0.15, -0.1) is 0 Å². The van der Waals surface area contributed by atoms with Crippen LogP contribution < -0.4 is 25.8 Å². The number of aromatic nitrogens is 4. The van der Waals surface area contributed by atoms with Crippen molar-refractivity contribution in [3.8, 4) is 17.0 Å². The fourth-order valence-corrected chi connectivity index (χ4v) is 5.40. The first kappa shape index (κ1) is 25.3. The Morgan fingerprint density at radius 3 is 2.62 bits per heavy atom. The van der Waals surface area contributed by atoms with Crippen LogP contribution in [0.4, 0.5) is 17.3 Å². The first-order chi connectivity index (χ1) is 19.1. The largest absolute Gasteiger partial charge is 0.494 e. The lowest BCUT2D eigenvalue weighted by molar-refractivity contribution is 0.312. The summed E-state index contributed by atoms with van der Waals surface area (Å²) in [5.74, 6) is 1.10. The summed E-state index contributed by atoms with van der Waals surface area (Å²) in [5, 5.41) is 6.74. The highest BCUT2D eigenvalue weighted by molar-refractivity contribution is 5.76. The molecule has 2 fully saturated rings. The first-order valence-corrected chi connectivity index (χ1v) is 13.5. The molecule has 10 heteroatoms. The number of hydrogen-bond donors (Lipinski definition) is 2. The molecule has 0 saturated carbocycles. The van der Waals surface area contributed by atoms with Gasteiger partial charge in [0.05, 0.1) is 25.0 Å². The van der Waals surface area contributed by atoms with Crippen LogP contribution in [0.3, 0.4) is 0 Å². The molecule has 2 aromatic heterocycles. The lowest BCUT2D eigenvalue weighted by atomic mass is 10.1. The number of likely N-dealkylation sites (N-methyl/N-ethyl adjacent to an activating group) is 1. The second-order valence-electron chi connectivity index (χ2n) is 10.2. The minimum atomic E-state index is -0.138. The Labute approximate surface area is 227 Å². The molecular formula is C29H34N8O2. The van der Waals surface area contributed by atoms with Gasteiger partial charge in [0.15, 0.2) is 5.65 Å². The van der Waals surface area contributed by atoms with Crippen LogP contribution >= 0.6 is 0 Å². The van der Waals surface area contributed by atoms with E-state index in [1.54, 1.807) is 17.9 Å². The lowest BCUT2D eigenvalue weighted by Crippen LogP contribution is -2.44. The third-order valence-corrected chi connectivity index (χ3v) is 7.62. The van der Waals surface area contributed by atoms with Crippen molar-refractivity contribution in [1.82, 2.24) is 29.7 Å². The Hall–Kier alpha value is -4.02. The number of fused-ring (bicyclic) bond motifs is 1. The molecule has 2 saturated heterocycles. The average Bonchev–Trinajstić information content (AvgIpc) is 2.98. The van der Waals surface area contributed by atoms with Gasteiger partial charge in [-0.2, -0.15) is 4.98 Å². The van der Waals surface area contributed by atoms with E-state index in [1.165, 1.54) is 0 Å². The minimum Gasteiger partial charge on any atom is -0.494 e. The van der Waals surface area contributed by atoms with E-state index in [-0.39, 0.29) is 11.6 Å². The van der Waals surface area contributed by atoms with Crippen molar-refractivity contribution >= 4 is 28.5 Å². The molecule has 202 valence electrons. The summed E-state index contributed by atoms with van der Waals surface area (Å²) in [6, 6.07) is 15.7. The molecule has 0 unspecified atom stereocenters. The molecule has 0 amide bonds. The molecule has 0 radical (unpaired) electrons. The highest BCUT2D eigenvalue weighted by atomic mass is 16.5. The van der Waals surface area contributed by atoms with E-state index in [0.717, 1.165) is 62.5 Å². The topological polar surface area (TPSA) is 100 Å². The normalized spacial score (nSPS) is 18.3. The molecule has 2 aromatic carbocycles. The molecule has 10 nitrogen and oxygen atoms in total. The summed E-state index contributed by atoms with van der Waals surface area (Å²) >= 11 is 0. The molecule has 39 heavy (non-hydrogen) atoms. The van der Waals surface area contributed by atoms with Gasteiger partial charge in [0.2, 0.25) is 5.95 Å². The fourth-order valence-electron chi connectivity index (χ4n) is 5.40. The number of anilines is 3. The monoisotopic (exact) mass is 526 g/mol. The number of methoxy groups -OCH3 is 1. The lowest BCUT2D eigenvalue weighted by Gasteiger charge is -2.34. The van der Waals surface area contributed by atoms with E-state index in [1.807, 2.05) is 42.5 Å². The van der Waals surface area contributed by atoms with Gasteiger partial charge in [-0.25, -0.2) is 9.97 Å². The van der Waals surface area contributed by atoms with Gasteiger partial charge in [-0.1, -0.05) is 30.3 Å². The summed E-state index contributed by atoms with van der Waals surface area (Å²) in [5.41, 5.74) is 4.06. The number of piperazine rings is 1.